The van der Waals surface area contributed by atoms with E-state index < -0.39 is 0 Å². The number of rotatable bonds is 6. The van der Waals surface area contributed by atoms with Crippen molar-refractivity contribution in [2.24, 2.45) is 0 Å². The van der Waals surface area contributed by atoms with Crippen molar-refractivity contribution >= 4 is 43.5 Å². The Balaban J connectivity index is 2.37. The molecule has 1 aromatic rings. The van der Waals surface area contributed by atoms with Crippen molar-refractivity contribution in [1.29, 1.82) is 0 Å². The highest BCUT2D eigenvalue weighted by atomic mass is 79.9. The minimum atomic E-state index is -0.228. The lowest BCUT2D eigenvalue weighted by atomic mass is 10.3. The number of anilines is 1. The predicted octanol–water partition coefficient (Wildman–Crippen LogP) is 3.97. The van der Waals surface area contributed by atoms with Crippen LogP contribution in [0.2, 0.25) is 0 Å². The van der Waals surface area contributed by atoms with Gasteiger partial charge in [0.25, 0.3) is 0 Å². The number of carbonyl (C=O) groups is 1. The zero-order valence-electron chi connectivity index (χ0n) is 9.63. The van der Waals surface area contributed by atoms with E-state index in [0.717, 1.165) is 27.5 Å². The number of carbonyl (C=O) groups excluding carboxylic acids is 1. The lowest BCUT2D eigenvalue weighted by Gasteiger charge is -2.08. The van der Waals surface area contributed by atoms with Gasteiger partial charge in [0.15, 0.2) is 0 Å². The van der Waals surface area contributed by atoms with Crippen LogP contribution in [0.25, 0.3) is 0 Å². The van der Waals surface area contributed by atoms with E-state index >= 15 is 0 Å². The van der Waals surface area contributed by atoms with Crippen LogP contribution in [-0.2, 0) is 9.53 Å². The molecule has 0 aromatic heterocycles. The first kappa shape index (κ1) is 14.5. The molecule has 0 aliphatic rings. The molecule has 0 aliphatic heterocycles. The number of nitrogens with one attached hydrogen (secondary N) is 1. The number of hydrogen-bond acceptors (Lipinski definition) is 3. The number of hydrogen-bond donors (Lipinski definition) is 1. The maximum absolute atomic E-state index is 11.4. The van der Waals surface area contributed by atoms with Crippen molar-refractivity contribution in [2.75, 3.05) is 18.5 Å². The van der Waals surface area contributed by atoms with Crippen LogP contribution in [0.4, 0.5) is 5.69 Å². The summed E-state index contributed by atoms with van der Waals surface area (Å²) in [5.74, 6) is -0.228. The van der Waals surface area contributed by atoms with Gasteiger partial charge in [0, 0.05) is 14.6 Å². The van der Waals surface area contributed by atoms with Crippen LogP contribution in [0.15, 0.2) is 27.1 Å². The normalized spacial score (nSPS) is 10.1. The Bertz CT molecular complexity index is 383. The molecule has 17 heavy (non-hydrogen) atoms. The van der Waals surface area contributed by atoms with Gasteiger partial charge >= 0.3 is 5.97 Å². The first-order chi connectivity index (χ1) is 8.13. The van der Waals surface area contributed by atoms with E-state index in [9.17, 15) is 4.79 Å². The first-order valence-electron chi connectivity index (χ1n) is 5.48. The van der Waals surface area contributed by atoms with Gasteiger partial charge in [-0.3, -0.25) is 4.79 Å². The van der Waals surface area contributed by atoms with Crippen LogP contribution in [0.5, 0.6) is 0 Å². The zero-order chi connectivity index (χ0) is 12.7. The Hall–Kier alpha value is -0.550. The monoisotopic (exact) mass is 363 g/mol. The Morgan fingerprint density at radius 3 is 2.82 bits per heavy atom. The molecule has 1 N–H and O–H groups in total. The van der Waals surface area contributed by atoms with Gasteiger partial charge in [0.2, 0.25) is 0 Å². The molecular formula is C12H15Br2NO2. The minimum Gasteiger partial charge on any atom is -0.464 e. The third-order valence-corrected chi connectivity index (χ3v) is 3.26. The molecule has 1 aromatic carbocycles. The molecular weight excluding hydrogens is 350 g/mol. The molecule has 0 unspecified atom stereocenters. The van der Waals surface area contributed by atoms with Crippen LogP contribution in [0.1, 0.15) is 19.8 Å². The first-order valence-corrected chi connectivity index (χ1v) is 7.06. The van der Waals surface area contributed by atoms with Gasteiger partial charge < -0.3 is 10.1 Å². The molecule has 0 aliphatic carbocycles. The van der Waals surface area contributed by atoms with Crippen LogP contribution < -0.4 is 5.32 Å². The number of unbranched alkanes of at least 4 members (excludes halogenated alkanes) is 1. The van der Waals surface area contributed by atoms with Crippen molar-refractivity contribution in [3.8, 4) is 0 Å². The van der Waals surface area contributed by atoms with Gasteiger partial charge in [-0.25, -0.2) is 0 Å². The summed E-state index contributed by atoms with van der Waals surface area (Å²) < 4.78 is 6.94. The Morgan fingerprint density at radius 2 is 2.18 bits per heavy atom. The standard InChI is InChI=1S/C12H15Br2NO2/c1-2-3-6-17-12(16)8-15-11-5-4-9(13)7-10(11)14/h4-5,7,15H,2-3,6,8H2,1H3. The summed E-state index contributed by atoms with van der Waals surface area (Å²) in [5.41, 5.74) is 0.876. The second-order valence-corrected chi connectivity index (χ2v) is 5.32. The van der Waals surface area contributed by atoms with Gasteiger partial charge in [-0.1, -0.05) is 29.3 Å². The summed E-state index contributed by atoms with van der Waals surface area (Å²) in [4.78, 5) is 11.4. The zero-order valence-corrected chi connectivity index (χ0v) is 12.8. The summed E-state index contributed by atoms with van der Waals surface area (Å²) in [6, 6.07) is 5.73. The maximum Gasteiger partial charge on any atom is 0.325 e. The smallest absolute Gasteiger partial charge is 0.325 e. The van der Waals surface area contributed by atoms with E-state index in [4.69, 9.17) is 4.74 Å². The largest absolute Gasteiger partial charge is 0.464 e. The SMILES string of the molecule is CCCCOC(=O)CNc1ccc(Br)cc1Br. The lowest BCUT2D eigenvalue weighted by Crippen LogP contribution is -2.17. The Labute approximate surface area is 118 Å². The molecule has 1 rings (SSSR count). The van der Waals surface area contributed by atoms with Crippen molar-refractivity contribution in [3.05, 3.63) is 27.1 Å². The second-order valence-electron chi connectivity index (χ2n) is 3.55. The van der Waals surface area contributed by atoms with Crippen molar-refractivity contribution in [1.82, 2.24) is 0 Å². The third-order valence-electron chi connectivity index (χ3n) is 2.12. The van der Waals surface area contributed by atoms with E-state index in [1.165, 1.54) is 0 Å². The third kappa shape index (κ3) is 5.55. The van der Waals surface area contributed by atoms with E-state index in [-0.39, 0.29) is 12.5 Å². The molecule has 0 amide bonds. The molecule has 0 heterocycles. The number of esters is 1. The van der Waals surface area contributed by atoms with E-state index in [1.54, 1.807) is 0 Å². The van der Waals surface area contributed by atoms with Crippen LogP contribution in [-0.4, -0.2) is 19.1 Å². The van der Waals surface area contributed by atoms with Gasteiger partial charge in [-0.15, -0.1) is 0 Å². The quantitative estimate of drug-likeness (QED) is 0.613. The van der Waals surface area contributed by atoms with Gasteiger partial charge in [0.1, 0.15) is 6.54 Å². The highest BCUT2D eigenvalue weighted by molar-refractivity contribution is 9.11. The van der Waals surface area contributed by atoms with Crippen LogP contribution in [0, 0.1) is 0 Å². The highest BCUT2D eigenvalue weighted by Crippen LogP contribution is 2.25. The van der Waals surface area contributed by atoms with E-state index in [1.807, 2.05) is 18.2 Å². The minimum absolute atomic E-state index is 0.184. The molecule has 0 spiro atoms. The molecule has 94 valence electrons. The molecule has 3 nitrogen and oxygen atoms in total. The number of benzene rings is 1. The van der Waals surface area contributed by atoms with Crippen molar-refractivity contribution in [3.63, 3.8) is 0 Å². The lowest BCUT2D eigenvalue weighted by molar-refractivity contribution is -0.141. The Kier molecular flexibility index (Phi) is 6.58. The predicted molar refractivity (Wildman–Crippen MR) is 76.2 cm³/mol. The van der Waals surface area contributed by atoms with Gasteiger partial charge in [0.05, 0.1) is 6.61 Å². The molecule has 0 atom stereocenters. The van der Waals surface area contributed by atoms with E-state index in [0.29, 0.717) is 6.61 Å². The summed E-state index contributed by atoms with van der Waals surface area (Å²) >= 11 is 6.79. The van der Waals surface area contributed by atoms with E-state index in [2.05, 4.69) is 44.1 Å². The Morgan fingerprint density at radius 1 is 1.41 bits per heavy atom. The van der Waals surface area contributed by atoms with Gasteiger partial charge in [-0.05, 0) is 40.5 Å². The number of halogens is 2. The fraction of sp³-hybridized carbons (Fsp3) is 0.417. The molecule has 0 bridgehead atoms. The van der Waals surface area contributed by atoms with Crippen LogP contribution in [0.3, 0.4) is 0 Å². The average Bonchev–Trinajstić information content (AvgIpc) is 2.28. The average molecular weight is 365 g/mol. The summed E-state index contributed by atoms with van der Waals surface area (Å²) in [7, 11) is 0. The topological polar surface area (TPSA) is 38.3 Å². The van der Waals surface area contributed by atoms with Crippen molar-refractivity contribution < 1.29 is 9.53 Å². The maximum atomic E-state index is 11.4. The molecule has 5 heteroatoms. The van der Waals surface area contributed by atoms with Gasteiger partial charge in [-0.2, -0.15) is 0 Å². The molecule has 0 saturated carbocycles. The van der Waals surface area contributed by atoms with Crippen molar-refractivity contribution in [2.45, 2.75) is 19.8 Å². The van der Waals surface area contributed by atoms with Crippen LogP contribution >= 0.6 is 31.9 Å². The molecule has 0 fully saturated rings. The molecule has 0 saturated heterocycles. The number of ether oxygens (including phenoxy) is 1. The summed E-state index contributed by atoms with van der Waals surface area (Å²) in [6.07, 6.45) is 1.94. The fourth-order valence-corrected chi connectivity index (χ4v) is 2.37. The molecule has 0 radical (unpaired) electrons. The summed E-state index contributed by atoms with van der Waals surface area (Å²) in [6.45, 7) is 2.74. The fourth-order valence-electron chi connectivity index (χ4n) is 1.18. The summed E-state index contributed by atoms with van der Waals surface area (Å²) in [5, 5.41) is 3.02. The highest BCUT2D eigenvalue weighted by Gasteiger charge is 2.04. The second kappa shape index (κ2) is 7.71.